The lowest BCUT2D eigenvalue weighted by Gasteiger charge is -2.14. The van der Waals surface area contributed by atoms with Crippen LogP contribution in [0.4, 0.5) is 5.69 Å². The number of anilines is 1. The maximum Gasteiger partial charge on any atom is 0.262 e. The van der Waals surface area contributed by atoms with Gasteiger partial charge in [0.2, 0.25) is 17.6 Å². The zero-order valence-electron chi connectivity index (χ0n) is 16.9. The number of rotatable bonds is 7. The summed E-state index contributed by atoms with van der Waals surface area (Å²) in [5, 5.41) is 6.71. The highest BCUT2D eigenvalue weighted by Gasteiger charge is 2.16. The summed E-state index contributed by atoms with van der Waals surface area (Å²) < 4.78 is 12.0. The van der Waals surface area contributed by atoms with Crippen LogP contribution in [0.3, 0.4) is 0 Å². The average Bonchev–Trinajstić information content (AvgIpc) is 3.15. The van der Waals surface area contributed by atoms with Crippen LogP contribution in [0.15, 0.2) is 45.7 Å². The lowest BCUT2D eigenvalue weighted by Crippen LogP contribution is -2.25. The van der Waals surface area contributed by atoms with Crippen LogP contribution in [-0.2, 0) is 11.2 Å². The van der Waals surface area contributed by atoms with Crippen molar-refractivity contribution in [3.8, 4) is 17.1 Å². The molecule has 8 heteroatoms. The highest BCUT2D eigenvalue weighted by Crippen LogP contribution is 2.17. The SMILES string of the molecule is COc1ccc(NC(=O)CCc2nc(-c3ccc(C)n(C(C)C)c3=O)no2)cc1. The summed E-state index contributed by atoms with van der Waals surface area (Å²) in [6.45, 7) is 5.77. The lowest BCUT2D eigenvalue weighted by molar-refractivity contribution is -0.116. The van der Waals surface area contributed by atoms with E-state index in [0.717, 1.165) is 5.69 Å². The number of nitrogens with one attached hydrogen (secondary N) is 1. The fraction of sp³-hybridized carbons (Fsp3) is 0.333. The van der Waals surface area contributed by atoms with E-state index >= 15 is 0 Å². The van der Waals surface area contributed by atoms with Crippen molar-refractivity contribution in [2.75, 3.05) is 12.4 Å². The van der Waals surface area contributed by atoms with E-state index in [2.05, 4.69) is 15.5 Å². The van der Waals surface area contributed by atoms with Crippen molar-refractivity contribution in [3.05, 3.63) is 58.3 Å². The summed E-state index contributed by atoms with van der Waals surface area (Å²) in [5.74, 6) is 1.08. The van der Waals surface area contributed by atoms with E-state index in [1.807, 2.05) is 26.8 Å². The van der Waals surface area contributed by atoms with Crippen LogP contribution in [0, 0.1) is 6.92 Å². The molecule has 1 amide bonds. The molecular weight excluding hydrogens is 372 g/mol. The van der Waals surface area contributed by atoms with Crippen LogP contribution in [0.2, 0.25) is 0 Å². The minimum absolute atomic E-state index is 0.0236. The predicted octanol–water partition coefficient (Wildman–Crippen LogP) is 3.37. The fourth-order valence-corrected chi connectivity index (χ4v) is 3.04. The van der Waals surface area contributed by atoms with Gasteiger partial charge in [0.15, 0.2) is 0 Å². The van der Waals surface area contributed by atoms with E-state index in [1.165, 1.54) is 0 Å². The van der Waals surface area contributed by atoms with Gasteiger partial charge in [-0.25, -0.2) is 0 Å². The minimum Gasteiger partial charge on any atom is -0.497 e. The Bertz CT molecular complexity index is 1050. The first-order valence-electron chi connectivity index (χ1n) is 9.38. The van der Waals surface area contributed by atoms with Crippen LogP contribution >= 0.6 is 0 Å². The normalized spacial score (nSPS) is 10.9. The molecule has 0 saturated carbocycles. The Morgan fingerprint density at radius 2 is 1.93 bits per heavy atom. The third-order valence-corrected chi connectivity index (χ3v) is 4.49. The van der Waals surface area contributed by atoms with Gasteiger partial charge in [-0.1, -0.05) is 5.16 Å². The molecule has 0 unspecified atom stereocenters. The molecule has 1 aromatic carbocycles. The molecule has 0 atom stereocenters. The van der Waals surface area contributed by atoms with Crippen molar-refractivity contribution >= 4 is 11.6 Å². The van der Waals surface area contributed by atoms with Crippen molar-refractivity contribution in [1.82, 2.24) is 14.7 Å². The zero-order chi connectivity index (χ0) is 21.0. The third-order valence-electron chi connectivity index (χ3n) is 4.49. The summed E-state index contributed by atoms with van der Waals surface area (Å²) in [6.07, 6.45) is 0.455. The molecule has 3 rings (SSSR count). The molecule has 0 bridgehead atoms. The maximum absolute atomic E-state index is 12.7. The van der Waals surface area contributed by atoms with E-state index in [9.17, 15) is 9.59 Å². The first-order chi connectivity index (χ1) is 13.9. The van der Waals surface area contributed by atoms with Gasteiger partial charge < -0.3 is 19.1 Å². The molecule has 3 aromatic rings. The number of pyridine rings is 1. The maximum atomic E-state index is 12.7. The quantitative estimate of drug-likeness (QED) is 0.657. The number of methoxy groups -OCH3 is 1. The Hall–Kier alpha value is -3.42. The smallest absolute Gasteiger partial charge is 0.262 e. The Kier molecular flexibility index (Phi) is 6.11. The van der Waals surface area contributed by atoms with Crippen molar-refractivity contribution < 1.29 is 14.1 Å². The number of hydrogen-bond acceptors (Lipinski definition) is 6. The van der Waals surface area contributed by atoms with Crippen molar-refractivity contribution in [2.45, 2.75) is 39.7 Å². The molecular formula is C21H24N4O4. The summed E-state index contributed by atoms with van der Waals surface area (Å²) in [6, 6.07) is 10.6. The second kappa shape index (κ2) is 8.72. The van der Waals surface area contributed by atoms with Gasteiger partial charge in [-0.05, 0) is 57.2 Å². The standard InChI is InChI=1S/C21H24N4O4/c1-13(2)25-14(3)5-10-17(21(25)27)20-23-19(29-24-20)12-11-18(26)22-15-6-8-16(28-4)9-7-15/h5-10,13H,11-12H2,1-4H3,(H,22,26). The Morgan fingerprint density at radius 1 is 1.21 bits per heavy atom. The second-order valence-electron chi connectivity index (χ2n) is 6.95. The zero-order valence-corrected chi connectivity index (χ0v) is 16.9. The number of aryl methyl sites for hydroxylation is 2. The van der Waals surface area contributed by atoms with Crippen molar-refractivity contribution in [2.24, 2.45) is 0 Å². The number of ether oxygens (including phenoxy) is 1. The first kappa shape index (κ1) is 20.3. The minimum atomic E-state index is -0.174. The molecule has 1 N–H and O–H groups in total. The molecule has 0 spiro atoms. The Labute approximate surface area is 168 Å². The highest BCUT2D eigenvalue weighted by atomic mass is 16.5. The molecule has 152 valence electrons. The molecule has 0 aliphatic rings. The largest absolute Gasteiger partial charge is 0.497 e. The van der Waals surface area contributed by atoms with E-state index in [1.54, 1.807) is 42.0 Å². The second-order valence-corrected chi connectivity index (χ2v) is 6.95. The van der Waals surface area contributed by atoms with Crippen LogP contribution < -0.4 is 15.6 Å². The molecule has 0 radical (unpaired) electrons. The van der Waals surface area contributed by atoms with E-state index < -0.39 is 0 Å². The van der Waals surface area contributed by atoms with Crippen LogP contribution in [-0.4, -0.2) is 27.7 Å². The molecule has 2 heterocycles. The molecule has 29 heavy (non-hydrogen) atoms. The van der Waals surface area contributed by atoms with Crippen LogP contribution in [0.5, 0.6) is 5.75 Å². The molecule has 0 saturated heterocycles. The third kappa shape index (κ3) is 4.71. The number of benzene rings is 1. The predicted molar refractivity (Wildman–Crippen MR) is 109 cm³/mol. The summed E-state index contributed by atoms with van der Waals surface area (Å²) in [5.41, 5.74) is 1.76. The van der Waals surface area contributed by atoms with Gasteiger partial charge in [0.25, 0.3) is 5.56 Å². The van der Waals surface area contributed by atoms with E-state index in [4.69, 9.17) is 9.26 Å². The molecule has 2 aromatic heterocycles. The fourth-order valence-electron chi connectivity index (χ4n) is 3.04. The summed E-state index contributed by atoms with van der Waals surface area (Å²) in [7, 11) is 1.58. The van der Waals surface area contributed by atoms with E-state index in [0.29, 0.717) is 22.9 Å². The number of aromatic nitrogens is 3. The topological polar surface area (TPSA) is 99.2 Å². The lowest BCUT2D eigenvalue weighted by atomic mass is 10.2. The van der Waals surface area contributed by atoms with Gasteiger partial charge in [-0.3, -0.25) is 9.59 Å². The number of carbonyl (C=O) groups excluding carboxylic acids is 1. The molecule has 0 fully saturated rings. The van der Waals surface area contributed by atoms with Gasteiger partial charge in [0.1, 0.15) is 5.75 Å². The first-order valence-corrected chi connectivity index (χ1v) is 9.38. The highest BCUT2D eigenvalue weighted by molar-refractivity contribution is 5.90. The van der Waals surface area contributed by atoms with Crippen molar-refractivity contribution in [3.63, 3.8) is 0 Å². The van der Waals surface area contributed by atoms with Crippen LogP contribution in [0.1, 0.15) is 37.9 Å². The van der Waals surface area contributed by atoms with Crippen molar-refractivity contribution in [1.29, 1.82) is 0 Å². The average molecular weight is 396 g/mol. The number of hydrogen-bond donors (Lipinski definition) is 1. The monoisotopic (exact) mass is 396 g/mol. The number of amides is 1. The van der Waals surface area contributed by atoms with E-state index in [-0.39, 0.29) is 36.2 Å². The molecule has 0 aliphatic carbocycles. The van der Waals surface area contributed by atoms with Gasteiger partial charge in [0.05, 0.1) is 12.7 Å². The Morgan fingerprint density at radius 3 is 2.59 bits per heavy atom. The van der Waals surface area contributed by atoms with Gasteiger partial charge in [0, 0.05) is 30.3 Å². The molecule has 0 aliphatic heterocycles. The summed E-state index contributed by atoms with van der Waals surface area (Å²) in [4.78, 5) is 29.2. The van der Waals surface area contributed by atoms with Crippen LogP contribution in [0.25, 0.3) is 11.4 Å². The van der Waals surface area contributed by atoms with Gasteiger partial charge >= 0.3 is 0 Å². The number of nitrogens with zero attached hydrogens (tertiary/aromatic N) is 3. The van der Waals surface area contributed by atoms with Gasteiger partial charge in [-0.2, -0.15) is 4.98 Å². The summed E-state index contributed by atoms with van der Waals surface area (Å²) >= 11 is 0. The Balaban J connectivity index is 1.65. The number of carbonyl (C=O) groups is 1. The van der Waals surface area contributed by atoms with Gasteiger partial charge in [-0.15, -0.1) is 0 Å². The molecule has 8 nitrogen and oxygen atoms in total.